The van der Waals surface area contributed by atoms with Gasteiger partial charge in [0.05, 0.1) is 6.42 Å². The fraction of sp³-hybridized carbons (Fsp3) is 0.467. The second kappa shape index (κ2) is 14.9. The molecular formula is C30H42N4O5. The Kier molecular flexibility index (Phi) is 12.0. The third-order valence-electron chi connectivity index (χ3n) is 6.01. The first-order valence-corrected chi connectivity index (χ1v) is 13.4. The summed E-state index contributed by atoms with van der Waals surface area (Å²) in [4.78, 5) is 53.9. The van der Waals surface area contributed by atoms with E-state index in [9.17, 15) is 19.2 Å². The topological polar surface area (TPSA) is 131 Å². The summed E-state index contributed by atoms with van der Waals surface area (Å²) in [5.74, 6) is -1.77. The van der Waals surface area contributed by atoms with Crippen molar-refractivity contribution >= 4 is 29.5 Å². The number of ether oxygens (including phenoxy) is 1. The average molecular weight is 539 g/mol. The highest BCUT2D eigenvalue weighted by molar-refractivity contribution is 6.00. The second-order valence-corrected chi connectivity index (χ2v) is 10.6. The predicted octanol–water partition coefficient (Wildman–Crippen LogP) is 4.85. The predicted molar refractivity (Wildman–Crippen MR) is 152 cm³/mol. The van der Waals surface area contributed by atoms with Crippen molar-refractivity contribution in [3.05, 3.63) is 65.7 Å². The number of nitrogens with one attached hydrogen (secondary N) is 2. The van der Waals surface area contributed by atoms with Gasteiger partial charge in [-0.25, -0.2) is 4.79 Å². The number of unbranched alkanes of at least 4 members (excludes halogenated alkanes) is 3. The maximum atomic E-state index is 14.1. The van der Waals surface area contributed by atoms with E-state index in [2.05, 4.69) is 17.6 Å². The minimum Gasteiger partial charge on any atom is -0.444 e. The van der Waals surface area contributed by atoms with Crippen LogP contribution in [-0.4, -0.2) is 46.9 Å². The van der Waals surface area contributed by atoms with E-state index in [1.165, 1.54) is 4.90 Å². The quantitative estimate of drug-likeness (QED) is 0.314. The van der Waals surface area contributed by atoms with Crippen molar-refractivity contribution in [3.8, 4) is 0 Å². The van der Waals surface area contributed by atoms with E-state index >= 15 is 0 Å². The van der Waals surface area contributed by atoms with Crippen LogP contribution < -0.4 is 16.4 Å². The van der Waals surface area contributed by atoms with Crippen molar-refractivity contribution in [2.75, 3.05) is 11.9 Å². The molecule has 0 aromatic heterocycles. The number of benzene rings is 2. The van der Waals surface area contributed by atoms with Crippen LogP contribution in [0.5, 0.6) is 0 Å². The largest absolute Gasteiger partial charge is 0.444 e. The zero-order chi connectivity index (χ0) is 29.0. The number of primary amides is 1. The van der Waals surface area contributed by atoms with E-state index < -0.39 is 47.9 Å². The maximum absolute atomic E-state index is 14.1. The molecular weight excluding hydrogens is 496 g/mol. The Labute approximate surface area is 231 Å². The lowest BCUT2D eigenvalue weighted by atomic mass is 10.0. The normalized spacial score (nSPS) is 12.6. The zero-order valence-electron chi connectivity index (χ0n) is 23.7. The van der Waals surface area contributed by atoms with Crippen LogP contribution in [0.4, 0.5) is 10.5 Å². The molecule has 212 valence electrons. The summed E-state index contributed by atoms with van der Waals surface area (Å²) < 4.78 is 5.33. The summed E-state index contributed by atoms with van der Waals surface area (Å²) in [5.41, 5.74) is 6.74. The number of carbonyl (C=O) groups is 4. The van der Waals surface area contributed by atoms with E-state index in [0.29, 0.717) is 17.7 Å². The van der Waals surface area contributed by atoms with Gasteiger partial charge in [-0.15, -0.1) is 0 Å². The van der Waals surface area contributed by atoms with Crippen molar-refractivity contribution in [2.45, 2.75) is 84.4 Å². The molecule has 4 amide bonds. The van der Waals surface area contributed by atoms with Gasteiger partial charge in [-0.1, -0.05) is 74.7 Å². The number of hydrogen-bond acceptors (Lipinski definition) is 5. The van der Waals surface area contributed by atoms with Crippen LogP contribution in [0, 0.1) is 6.92 Å². The van der Waals surface area contributed by atoms with Crippen molar-refractivity contribution in [1.82, 2.24) is 10.2 Å². The number of rotatable bonds is 13. The molecule has 0 saturated carbocycles. The van der Waals surface area contributed by atoms with Crippen LogP contribution in [0.1, 0.15) is 77.0 Å². The zero-order valence-corrected chi connectivity index (χ0v) is 23.7. The molecule has 0 saturated heterocycles. The minimum atomic E-state index is -1.30. The number of hydrogen-bond donors (Lipinski definition) is 3. The Morgan fingerprint density at radius 2 is 1.59 bits per heavy atom. The van der Waals surface area contributed by atoms with Crippen LogP contribution in [0.15, 0.2) is 54.6 Å². The first kappa shape index (κ1) is 31.3. The Hall–Kier alpha value is -3.88. The van der Waals surface area contributed by atoms with Gasteiger partial charge in [-0.2, -0.15) is 0 Å². The second-order valence-electron chi connectivity index (χ2n) is 10.6. The molecule has 0 spiro atoms. The Morgan fingerprint density at radius 1 is 0.949 bits per heavy atom. The van der Waals surface area contributed by atoms with E-state index in [1.807, 2.05) is 31.2 Å². The molecule has 0 aliphatic heterocycles. The van der Waals surface area contributed by atoms with E-state index in [4.69, 9.17) is 10.5 Å². The lowest BCUT2D eigenvalue weighted by Crippen LogP contribution is -2.53. The number of carbonyl (C=O) groups excluding carboxylic acids is 4. The smallest absolute Gasteiger partial charge is 0.408 e. The van der Waals surface area contributed by atoms with E-state index in [-0.39, 0.29) is 6.54 Å². The number of alkyl carbamates (subject to hydrolysis) is 1. The van der Waals surface area contributed by atoms with Gasteiger partial charge in [-0.05, 0) is 51.3 Å². The molecule has 9 nitrogen and oxygen atoms in total. The van der Waals surface area contributed by atoms with Crippen LogP contribution in [0.25, 0.3) is 0 Å². The fourth-order valence-corrected chi connectivity index (χ4v) is 4.15. The van der Waals surface area contributed by atoms with Gasteiger partial charge in [0.1, 0.15) is 17.7 Å². The summed E-state index contributed by atoms with van der Waals surface area (Å²) in [7, 11) is 0. The molecule has 0 aliphatic rings. The summed E-state index contributed by atoms with van der Waals surface area (Å²) in [6, 6.07) is 14.0. The van der Waals surface area contributed by atoms with Crippen LogP contribution >= 0.6 is 0 Å². The molecule has 0 heterocycles. The molecule has 0 bridgehead atoms. The molecule has 0 aliphatic carbocycles. The summed E-state index contributed by atoms with van der Waals surface area (Å²) >= 11 is 0. The van der Waals surface area contributed by atoms with Crippen molar-refractivity contribution < 1.29 is 23.9 Å². The van der Waals surface area contributed by atoms with Gasteiger partial charge in [0, 0.05) is 12.2 Å². The molecule has 0 fully saturated rings. The molecule has 39 heavy (non-hydrogen) atoms. The summed E-state index contributed by atoms with van der Waals surface area (Å²) in [6.07, 6.45) is 2.15. The van der Waals surface area contributed by atoms with Gasteiger partial charge < -0.3 is 26.0 Å². The number of aryl methyl sites for hydroxylation is 1. The standard InChI is InChI=1S/C30H42N4O5/c1-6-7-8-14-19-34(28(37)24(20-25(31)35)33-29(38)39-30(3,4)5)26(22-16-10-9-11-17-22)27(36)32-23-18-13-12-15-21(23)2/h9-13,15-18,24,26H,6-8,14,19-20H2,1-5H3,(H2,31,35)(H,32,36)(H,33,38). The molecule has 2 aromatic rings. The Bertz CT molecular complexity index is 1110. The van der Waals surface area contributed by atoms with Crippen molar-refractivity contribution in [1.29, 1.82) is 0 Å². The van der Waals surface area contributed by atoms with Crippen molar-refractivity contribution in [3.63, 3.8) is 0 Å². The van der Waals surface area contributed by atoms with Crippen LogP contribution in [-0.2, 0) is 19.1 Å². The Balaban J connectivity index is 2.50. The molecule has 2 aromatic carbocycles. The molecule has 2 atom stereocenters. The summed E-state index contributed by atoms with van der Waals surface area (Å²) in [6.45, 7) is 9.29. The molecule has 0 radical (unpaired) electrons. The van der Waals surface area contributed by atoms with Crippen molar-refractivity contribution in [2.24, 2.45) is 5.73 Å². The number of anilines is 1. The van der Waals surface area contributed by atoms with Crippen LogP contribution in [0.2, 0.25) is 0 Å². The first-order chi connectivity index (χ1) is 18.4. The first-order valence-electron chi connectivity index (χ1n) is 13.4. The maximum Gasteiger partial charge on any atom is 0.408 e. The number of nitrogens with two attached hydrogens (primary N) is 1. The Morgan fingerprint density at radius 3 is 2.18 bits per heavy atom. The molecule has 2 rings (SSSR count). The van der Waals surface area contributed by atoms with Gasteiger partial charge in [0.2, 0.25) is 11.8 Å². The highest BCUT2D eigenvalue weighted by Gasteiger charge is 2.36. The fourth-order valence-electron chi connectivity index (χ4n) is 4.15. The molecule has 9 heteroatoms. The lowest BCUT2D eigenvalue weighted by Gasteiger charge is -2.34. The highest BCUT2D eigenvalue weighted by atomic mass is 16.6. The van der Waals surface area contributed by atoms with Gasteiger partial charge >= 0.3 is 6.09 Å². The SMILES string of the molecule is CCCCCCN(C(=O)C(CC(N)=O)NC(=O)OC(C)(C)C)C(C(=O)Nc1ccccc1C)c1ccccc1. The van der Waals surface area contributed by atoms with Gasteiger partial charge in [-0.3, -0.25) is 14.4 Å². The third kappa shape index (κ3) is 10.4. The van der Waals surface area contributed by atoms with Crippen LogP contribution in [0.3, 0.4) is 0 Å². The highest BCUT2D eigenvalue weighted by Crippen LogP contribution is 2.26. The number of nitrogens with zero attached hydrogens (tertiary/aromatic N) is 1. The van der Waals surface area contributed by atoms with E-state index in [0.717, 1.165) is 24.8 Å². The lowest BCUT2D eigenvalue weighted by molar-refractivity contribution is -0.142. The van der Waals surface area contributed by atoms with Gasteiger partial charge in [0.15, 0.2) is 0 Å². The monoisotopic (exact) mass is 538 g/mol. The average Bonchev–Trinajstić information content (AvgIpc) is 2.85. The minimum absolute atomic E-state index is 0.241. The molecule has 2 unspecified atom stereocenters. The number of amides is 4. The van der Waals surface area contributed by atoms with E-state index in [1.54, 1.807) is 51.1 Å². The third-order valence-corrected chi connectivity index (χ3v) is 6.01. The van der Waals surface area contributed by atoms with Gasteiger partial charge in [0.25, 0.3) is 5.91 Å². The molecule has 4 N–H and O–H groups in total. The summed E-state index contributed by atoms with van der Waals surface area (Å²) in [5, 5.41) is 5.47. The number of para-hydroxylation sites is 1.